The van der Waals surface area contributed by atoms with Gasteiger partial charge in [0.05, 0.1) is 11.8 Å². The summed E-state index contributed by atoms with van der Waals surface area (Å²) in [5.74, 6) is 0.00417. The monoisotopic (exact) mass is 190 g/mol. The van der Waals surface area contributed by atoms with Gasteiger partial charge in [-0.1, -0.05) is 6.07 Å². The van der Waals surface area contributed by atoms with E-state index < -0.39 is 5.82 Å². The van der Waals surface area contributed by atoms with E-state index in [1.165, 1.54) is 18.4 Å². The molecule has 1 aromatic heterocycles. The maximum Gasteiger partial charge on any atom is 0.150 e. The second kappa shape index (κ2) is 3.46. The van der Waals surface area contributed by atoms with Gasteiger partial charge in [0.25, 0.3) is 0 Å². The molecule has 0 aliphatic carbocycles. The number of aldehydes is 1. The van der Waals surface area contributed by atoms with Crippen LogP contribution in [0.1, 0.15) is 10.4 Å². The Hall–Kier alpha value is -1.90. The summed E-state index contributed by atoms with van der Waals surface area (Å²) in [7, 11) is 0. The number of hydrogen-bond acceptors (Lipinski definition) is 2. The predicted molar refractivity (Wildman–Crippen MR) is 49.5 cm³/mol. The van der Waals surface area contributed by atoms with Crippen LogP contribution in [-0.2, 0) is 0 Å². The van der Waals surface area contributed by atoms with E-state index in [2.05, 4.69) is 0 Å². The van der Waals surface area contributed by atoms with Gasteiger partial charge < -0.3 is 4.42 Å². The molecule has 0 fully saturated rings. The second-order valence-corrected chi connectivity index (χ2v) is 2.83. The number of furan rings is 1. The molecule has 1 heterocycles. The highest BCUT2D eigenvalue weighted by Gasteiger charge is 2.07. The quantitative estimate of drug-likeness (QED) is 0.681. The first-order valence-electron chi connectivity index (χ1n) is 4.10. The molecule has 2 aromatic rings. The van der Waals surface area contributed by atoms with E-state index in [9.17, 15) is 9.18 Å². The normalized spacial score (nSPS) is 10.1. The van der Waals surface area contributed by atoms with Gasteiger partial charge in [-0.25, -0.2) is 4.39 Å². The van der Waals surface area contributed by atoms with Gasteiger partial charge in [-0.15, -0.1) is 0 Å². The van der Waals surface area contributed by atoms with E-state index in [1.54, 1.807) is 18.2 Å². The summed E-state index contributed by atoms with van der Waals surface area (Å²) in [6.45, 7) is 0. The van der Waals surface area contributed by atoms with Gasteiger partial charge in [-0.2, -0.15) is 0 Å². The largest absolute Gasteiger partial charge is 0.464 e. The first kappa shape index (κ1) is 8.69. The van der Waals surface area contributed by atoms with Crippen LogP contribution in [0.5, 0.6) is 0 Å². The van der Waals surface area contributed by atoms with Gasteiger partial charge in [0.15, 0.2) is 0 Å². The number of hydrogen-bond donors (Lipinski definition) is 0. The minimum absolute atomic E-state index is 0.317. The molecular formula is C11H7FO2. The molecule has 0 unspecified atom stereocenters. The van der Waals surface area contributed by atoms with E-state index in [0.29, 0.717) is 23.2 Å². The Kier molecular flexibility index (Phi) is 2.14. The molecule has 0 saturated carbocycles. The fraction of sp³-hybridized carbons (Fsp3) is 0. The summed E-state index contributed by atoms with van der Waals surface area (Å²) < 4.78 is 18.4. The fourth-order valence-electron chi connectivity index (χ4n) is 1.24. The van der Waals surface area contributed by atoms with Gasteiger partial charge >= 0.3 is 0 Å². The van der Waals surface area contributed by atoms with E-state index in [0.717, 1.165) is 0 Å². The third-order valence-electron chi connectivity index (χ3n) is 1.92. The maximum atomic E-state index is 13.4. The zero-order valence-corrected chi connectivity index (χ0v) is 7.24. The predicted octanol–water partition coefficient (Wildman–Crippen LogP) is 2.90. The number of carbonyl (C=O) groups excluding carboxylic acids is 1. The average Bonchev–Trinajstić information content (AvgIpc) is 2.70. The van der Waals surface area contributed by atoms with Gasteiger partial charge in [0.1, 0.15) is 17.9 Å². The first-order valence-corrected chi connectivity index (χ1v) is 4.10. The minimum atomic E-state index is -0.454. The SMILES string of the molecule is O=Cc1ccc(-c2ccco2)c(F)c1. The third-order valence-corrected chi connectivity index (χ3v) is 1.92. The lowest BCUT2D eigenvalue weighted by molar-refractivity contribution is 0.112. The first-order chi connectivity index (χ1) is 6.81. The molecule has 0 atom stereocenters. The fourth-order valence-corrected chi connectivity index (χ4v) is 1.24. The molecule has 2 rings (SSSR count). The standard InChI is InChI=1S/C11H7FO2/c12-10-6-8(7-13)3-4-9(10)11-2-1-5-14-11/h1-7H. The van der Waals surface area contributed by atoms with Crippen LogP contribution in [0.15, 0.2) is 41.0 Å². The molecule has 3 heteroatoms. The lowest BCUT2D eigenvalue weighted by atomic mass is 10.1. The zero-order chi connectivity index (χ0) is 9.97. The van der Waals surface area contributed by atoms with Crippen LogP contribution in [0, 0.1) is 5.82 Å². The van der Waals surface area contributed by atoms with Gasteiger partial charge in [-0.05, 0) is 24.3 Å². The van der Waals surface area contributed by atoms with Crippen molar-refractivity contribution in [2.24, 2.45) is 0 Å². The highest BCUT2D eigenvalue weighted by Crippen LogP contribution is 2.23. The van der Waals surface area contributed by atoms with E-state index in [1.807, 2.05) is 0 Å². The number of carbonyl (C=O) groups is 1. The Morgan fingerprint density at radius 2 is 2.14 bits per heavy atom. The molecule has 1 aromatic carbocycles. The molecule has 0 spiro atoms. The third kappa shape index (κ3) is 1.44. The van der Waals surface area contributed by atoms with E-state index >= 15 is 0 Å². The average molecular weight is 190 g/mol. The van der Waals surface area contributed by atoms with Crippen LogP contribution in [0.3, 0.4) is 0 Å². The maximum absolute atomic E-state index is 13.4. The van der Waals surface area contributed by atoms with Gasteiger partial charge in [0.2, 0.25) is 0 Å². The molecule has 0 N–H and O–H groups in total. The van der Waals surface area contributed by atoms with E-state index in [4.69, 9.17) is 4.42 Å². The molecule has 0 saturated heterocycles. The van der Waals surface area contributed by atoms with Crippen LogP contribution in [-0.4, -0.2) is 6.29 Å². The zero-order valence-electron chi connectivity index (χ0n) is 7.24. The van der Waals surface area contributed by atoms with Crippen molar-refractivity contribution in [1.82, 2.24) is 0 Å². The molecule has 0 radical (unpaired) electrons. The van der Waals surface area contributed by atoms with Gasteiger partial charge in [-0.3, -0.25) is 4.79 Å². The summed E-state index contributed by atoms with van der Waals surface area (Å²) in [5, 5.41) is 0. The smallest absolute Gasteiger partial charge is 0.150 e. The van der Waals surface area contributed by atoms with Crippen molar-refractivity contribution in [3.8, 4) is 11.3 Å². The lowest BCUT2D eigenvalue weighted by Crippen LogP contribution is -1.86. The van der Waals surface area contributed by atoms with Crippen LogP contribution < -0.4 is 0 Å². The number of benzene rings is 1. The lowest BCUT2D eigenvalue weighted by Gasteiger charge is -1.99. The Labute approximate surface area is 80.0 Å². The highest BCUT2D eigenvalue weighted by atomic mass is 19.1. The Morgan fingerprint density at radius 3 is 2.71 bits per heavy atom. The second-order valence-electron chi connectivity index (χ2n) is 2.83. The summed E-state index contributed by atoms with van der Waals surface area (Å²) in [4.78, 5) is 10.4. The number of halogens is 1. The van der Waals surface area contributed by atoms with Gasteiger partial charge in [0, 0.05) is 5.56 Å². The molecule has 0 bridgehead atoms. The molecule has 2 nitrogen and oxygen atoms in total. The Bertz CT molecular complexity index is 446. The summed E-state index contributed by atoms with van der Waals surface area (Å²) in [5.41, 5.74) is 0.679. The van der Waals surface area contributed by atoms with Crippen LogP contribution in [0.4, 0.5) is 4.39 Å². The van der Waals surface area contributed by atoms with Crippen molar-refractivity contribution < 1.29 is 13.6 Å². The summed E-state index contributed by atoms with van der Waals surface area (Å²) >= 11 is 0. The van der Waals surface area contributed by atoms with Crippen LogP contribution in [0.2, 0.25) is 0 Å². The Morgan fingerprint density at radius 1 is 1.29 bits per heavy atom. The molecule has 0 aliphatic heterocycles. The number of rotatable bonds is 2. The summed E-state index contributed by atoms with van der Waals surface area (Å²) in [6, 6.07) is 7.61. The van der Waals surface area contributed by atoms with Crippen molar-refractivity contribution in [1.29, 1.82) is 0 Å². The van der Waals surface area contributed by atoms with Crippen LogP contribution in [0.25, 0.3) is 11.3 Å². The molecule has 70 valence electrons. The summed E-state index contributed by atoms with van der Waals surface area (Å²) in [6.07, 6.45) is 2.08. The van der Waals surface area contributed by atoms with E-state index in [-0.39, 0.29) is 0 Å². The molecular weight excluding hydrogens is 183 g/mol. The molecule has 0 aliphatic rings. The molecule has 0 amide bonds. The van der Waals surface area contributed by atoms with Crippen molar-refractivity contribution in [2.75, 3.05) is 0 Å². The molecule has 14 heavy (non-hydrogen) atoms. The van der Waals surface area contributed by atoms with Crippen molar-refractivity contribution in [3.63, 3.8) is 0 Å². The van der Waals surface area contributed by atoms with Crippen molar-refractivity contribution >= 4 is 6.29 Å². The van der Waals surface area contributed by atoms with Crippen LogP contribution >= 0.6 is 0 Å². The topological polar surface area (TPSA) is 30.2 Å². The van der Waals surface area contributed by atoms with Crippen molar-refractivity contribution in [2.45, 2.75) is 0 Å². The van der Waals surface area contributed by atoms with Crippen molar-refractivity contribution in [3.05, 3.63) is 48.0 Å². The highest BCUT2D eigenvalue weighted by molar-refractivity contribution is 5.76. The Balaban J connectivity index is 2.51. The minimum Gasteiger partial charge on any atom is -0.464 e.